The zero-order chi connectivity index (χ0) is 18.6. The standard InChI is InChI=1S/C16H30O2.C4H6O2/c1-4-5-6-7-8-9-10-11-12-13-14-18-16(17)15(2)3;1-3-6-4(2)5/h2,4-14H2,1,3H3;3H,1H2,2H3. The molecule has 0 aromatic heterocycles. The molecule has 0 aliphatic heterocycles. The van der Waals surface area contributed by atoms with Crippen LogP contribution in [-0.4, -0.2) is 18.5 Å². The molecule has 140 valence electrons. The first-order valence-corrected chi connectivity index (χ1v) is 9.06. The molecule has 0 aliphatic rings. The summed E-state index contributed by atoms with van der Waals surface area (Å²) in [5.74, 6) is -0.587. The smallest absolute Gasteiger partial charge is 0.333 e. The van der Waals surface area contributed by atoms with Gasteiger partial charge in [-0.15, -0.1) is 0 Å². The van der Waals surface area contributed by atoms with Crippen LogP contribution in [0.4, 0.5) is 0 Å². The number of rotatable bonds is 13. The fourth-order valence-corrected chi connectivity index (χ4v) is 1.99. The van der Waals surface area contributed by atoms with Crippen LogP contribution in [0, 0.1) is 0 Å². The van der Waals surface area contributed by atoms with Crippen molar-refractivity contribution in [3.8, 4) is 0 Å². The molecular formula is C20H36O4. The van der Waals surface area contributed by atoms with Crippen molar-refractivity contribution in [2.24, 2.45) is 0 Å². The largest absolute Gasteiger partial charge is 0.462 e. The summed E-state index contributed by atoms with van der Waals surface area (Å²) < 4.78 is 9.20. The third-order valence-corrected chi connectivity index (χ3v) is 3.33. The van der Waals surface area contributed by atoms with Crippen molar-refractivity contribution in [1.29, 1.82) is 0 Å². The molecule has 0 amide bonds. The lowest BCUT2D eigenvalue weighted by Crippen LogP contribution is -2.05. The Morgan fingerprint density at radius 2 is 1.33 bits per heavy atom. The minimum absolute atomic E-state index is 0.258. The van der Waals surface area contributed by atoms with E-state index in [0.29, 0.717) is 12.2 Å². The highest BCUT2D eigenvalue weighted by molar-refractivity contribution is 5.86. The lowest BCUT2D eigenvalue weighted by molar-refractivity contribution is -0.139. The van der Waals surface area contributed by atoms with E-state index in [0.717, 1.165) is 12.7 Å². The highest BCUT2D eigenvalue weighted by Crippen LogP contribution is 2.10. The molecule has 0 heterocycles. The number of carbonyl (C=O) groups excluding carboxylic acids is 2. The van der Waals surface area contributed by atoms with E-state index in [-0.39, 0.29) is 11.9 Å². The van der Waals surface area contributed by atoms with Crippen LogP contribution in [0.1, 0.15) is 85.0 Å². The Morgan fingerprint density at radius 1 is 0.875 bits per heavy atom. The van der Waals surface area contributed by atoms with Crippen LogP contribution in [0.2, 0.25) is 0 Å². The number of ether oxygens (including phenoxy) is 2. The summed E-state index contributed by atoms with van der Waals surface area (Å²) in [5, 5.41) is 0. The number of hydrogen-bond donors (Lipinski definition) is 0. The molecule has 0 fully saturated rings. The lowest BCUT2D eigenvalue weighted by Gasteiger charge is -2.04. The average Bonchev–Trinajstić information content (AvgIpc) is 2.52. The maximum absolute atomic E-state index is 11.1. The molecule has 0 bridgehead atoms. The normalized spacial score (nSPS) is 9.46. The second-order valence-corrected chi connectivity index (χ2v) is 5.87. The van der Waals surface area contributed by atoms with Gasteiger partial charge in [-0.25, -0.2) is 4.79 Å². The first kappa shape index (κ1) is 24.7. The summed E-state index contributed by atoms with van der Waals surface area (Å²) in [6.07, 6.45) is 14.1. The summed E-state index contributed by atoms with van der Waals surface area (Å²) in [6, 6.07) is 0. The Hall–Kier alpha value is -1.58. The molecule has 0 saturated carbocycles. The van der Waals surface area contributed by atoms with Crippen molar-refractivity contribution >= 4 is 11.9 Å². The van der Waals surface area contributed by atoms with Crippen molar-refractivity contribution in [2.45, 2.75) is 85.0 Å². The quantitative estimate of drug-likeness (QED) is 0.186. The maximum Gasteiger partial charge on any atom is 0.333 e. The predicted molar refractivity (Wildman–Crippen MR) is 99.6 cm³/mol. The van der Waals surface area contributed by atoms with Gasteiger partial charge in [0.1, 0.15) is 0 Å². The molecule has 0 radical (unpaired) electrons. The Morgan fingerprint density at radius 3 is 1.67 bits per heavy atom. The first-order chi connectivity index (χ1) is 11.5. The van der Waals surface area contributed by atoms with Crippen molar-refractivity contribution in [3.63, 3.8) is 0 Å². The van der Waals surface area contributed by atoms with Gasteiger partial charge in [0.05, 0.1) is 12.9 Å². The number of esters is 2. The van der Waals surface area contributed by atoms with Crippen LogP contribution in [0.25, 0.3) is 0 Å². The third kappa shape index (κ3) is 22.7. The maximum atomic E-state index is 11.1. The topological polar surface area (TPSA) is 52.6 Å². The van der Waals surface area contributed by atoms with Gasteiger partial charge in [0.15, 0.2) is 0 Å². The summed E-state index contributed by atoms with van der Waals surface area (Å²) in [5.41, 5.74) is 0.488. The van der Waals surface area contributed by atoms with E-state index in [4.69, 9.17) is 4.74 Å². The van der Waals surface area contributed by atoms with Crippen molar-refractivity contribution in [1.82, 2.24) is 0 Å². The Balaban J connectivity index is 0. The first-order valence-electron chi connectivity index (χ1n) is 9.06. The van der Waals surface area contributed by atoms with Crippen LogP contribution < -0.4 is 0 Å². The molecule has 0 rings (SSSR count). The van der Waals surface area contributed by atoms with Crippen LogP contribution in [-0.2, 0) is 19.1 Å². The Kier molecular flexibility index (Phi) is 20.0. The molecular weight excluding hydrogens is 304 g/mol. The average molecular weight is 341 g/mol. The zero-order valence-corrected chi connectivity index (χ0v) is 15.9. The van der Waals surface area contributed by atoms with Crippen LogP contribution in [0.15, 0.2) is 25.0 Å². The van der Waals surface area contributed by atoms with Crippen LogP contribution in [0.5, 0.6) is 0 Å². The SMILES string of the molecule is C=C(C)C(=O)OCCCCCCCCCCCC.C=COC(C)=O. The van der Waals surface area contributed by atoms with Crippen molar-refractivity contribution < 1.29 is 19.1 Å². The molecule has 0 unspecified atom stereocenters. The predicted octanol–water partition coefficient (Wildman–Crippen LogP) is 5.72. The highest BCUT2D eigenvalue weighted by atomic mass is 16.5. The van der Waals surface area contributed by atoms with E-state index in [1.165, 1.54) is 64.7 Å². The van der Waals surface area contributed by atoms with Gasteiger partial charge >= 0.3 is 11.9 Å². The zero-order valence-electron chi connectivity index (χ0n) is 15.9. The van der Waals surface area contributed by atoms with Gasteiger partial charge in [0.2, 0.25) is 0 Å². The molecule has 0 aliphatic carbocycles. The van der Waals surface area contributed by atoms with Gasteiger partial charge in [-0.3, -0.25) is 4.79 Å². The van der Waals surface area contributed by atoms with E-state index >= 15 is 0 Å². The number of unbranched alkanes of at least 4 members (excludes halogenated alkanes) is 9. The Labute approximate surface area is 148 Å². The van der Waals surface area contributed by atoms with Gasteiger partial charge in [0, 0.05) is 12.5 Å². The molecule has 0 aromatic carbocycles. The van der Waals surface area contributed by atoms with Gasteiger partial charge in [-0.1, -0.05) is 77.9 Å². The van der Waals surface area contributed by atoms with Gasteiger partial charge in [0.25, 0.3) is 0 Å². The van der Waals surface area contributed by atoms with Crippen molar-refractivity contribution in [3.05, 3.63) is 25.0 Å². The summed E-state index contributed by atoms with van der Waals surface area (Å²) in [4.78, 5) is 20.8. The molecule has 0 N–H and O–H groups in total. The minimum atomic E-state index is -0.329. The summed E-state index contributed by atoms with van der Waals surface area (Å²) >= 11 is 0. The van der Waals surface area contributed by atoms with E-state index in [2.05, 4.69) is 24.8 Å². The lowest BCUT2D eigenvalue weighted by atomic mass is 10.1. The Bertz CT molecular complexity index is 348. The van der Waals surface area contributed by atoms with E-state index in [9.17, 15) is 9.59 Å². The van der Waals surface area contributed by atoms with Gasteiger partial charge in [-0.05, 0) is 13.3 Å². The van der Waals surface area contributed by atoms with E-state index in [1.54, 1.807) is 6.92 Å². The minimum Gasteiger partial charge on any atom is -0.462 e. The highest BCUT2D eigenvalue weighted by Gasteiger charge is 2.01. The molecule has 4 heteroatoms. The third-order valence-electron chi connectivity index (χ3n) is 3.33. The molecule has 0 atom stereocenters. The van der Waals surface area contributed by atoms with Crippen LogP contribution >= 0.6 is 0 Å². The molecule has 4 nitrogen and oxygen atoms in total. The molecule has 0 aromatic rings. The summed E-state index contributed by atoms with van der Waals surface area (Å²) in [7, 11) is 0. The fraction of sp³-hybridized carbons (Fsp3) is 0.700. The monoisotopic (exact) mass is 340 g/mol. The van der Waals surface area contributed by atoms with E-state index < -0.39 is 0 Å². The number of carbonyl (C=O) groups is 2. The second kappa shape index (κ2) is 19.5. The fourth-order valence-electron chi connectivity index (χ4n) is 1.99. The molecule has 24 heavy (non-hydrogen) atoms. The van der Waals surface area contributed by atoms with Gasteiger partial charge in [-0.2, -0.15) is 0 Å². The van der Waals surface area contributed by atoms with Crippen LogP contribution in [0.3, 0.4) is 0 Å². The molecule has 0 saturated heterocycles. The van der Waals surface area contributed by atoms with E-state index in [1.807, 2.05) is 0 Å². The number of hydrogen-bond acceptors (Lipinski definition) is 4. The molecule has 0 spiro atoms. The van der Waals surface area contributed by atoms with Crippen molar-refractivity contribution in [2.75, 3.05) is 6.61 Å². The van der Waals surface area contributed by atoms with Gasteiger partial charge < -0.3 is 9.47 Å². The summed E-state index contributed by atoms with van der Waals surface area (Å²) in [6.45, 7) is 12.5. The second-order valence-electron chi connectivity index (χ2n) is 5.87.